The van der Waals surface area contributed by atoms with Crippen LogP contribution in [0, 0.1) is 17.8 Å². The molecular formula is C58H99N9O11. The summed E-state index contributed by atoms with van der Waals surface area (Å²) in [6, 6.07) is 1.55. The van der Waals surface area contributed by atoms with Crippen molar-refractivity contribution in [3.05, 3.63) is 35.9 Å². The maximum atomic E-state index is 14.7. The van der Waals surface area contributed by atoms with E-state index in [-0.39, 0.29) is 93.2 Å². The number of piperidine rings is 1. The number of carbonyl (C=O) groups is 9. The van der Waals surface area contributed by atoms with E-state index in [1.54, 1.807) is 68.9 Å². The molecular weight excluding hydrogens is 999 g/mol. The molecule has 78 heavy (non-hydrogen) atoms. The number of aliphatic hydroxyl groups is 1. The first-order chi connectivity index (χ1) is 36.4. The van der Waals surface area contributed by atoms with Gasteiger partial charge in [-0.05, 0) is 102 Å². The van der Waals surface area contributed by atoms with Crippen LogP contribution in [0.1, 0.15) is 145 Å². The van der Waals surface area contributed by atoms with Crippen molar-refractivity contribution < 1.29 is 53.0 Å². The molecule has 1 aliphatic heterocycles. The first-order valence-corrected chi connectivity index (χ1v) is 28.2. The van der Waals surface area contributed by atoms with Gasteiger partial charge in [-0.15, -0.1) is 0 Å². The van der Waals surface area contributed by atoms with Gasteiger partial charge in [0.15, 0.2) is 0 Å². The van der Waals surface area contributed by atoms with Gasteiger partial charge in [-0.3, -0.25) is 38.4 Å². The number of amides is 8. The van der Waals surface area contributed by atoms with Crippen molar-refractivity contribution in [1.29, 1.82) is 0 Å². The Hall–Kier alpha value is -5.47. The molecule has 5 N–H and O–H groups in total. The minimum Gasteiger partial charge on any atom is -0.391 e. The first-order valence-electron chi connectivity index (χ1n) is 28.2. The highest BCUT2D eigenvalue weighted by atomic mass is 16.5. The van der Waals surface area contributed by atoms with Gasteiger partial charge in [0, 0.05) is 80.2 Å². The molecule has 0 bridgehead atoms. The number of carbonyl (C=O) groups excluding carboxylic acids is 9. The van der Waals surface area contributed by atoms with Crippen molar-refractivity contribution in [2.24, 2.45) is 23.5 Å². The van der Waals surface area contributed by atoms with Gasteiger partial charge in [-0.1, -0.05) is 71.9 Å². The molecule has 20 heteroatoms. The average Bonchev–Trinajstić information content (AvgIpc) is 3.38. The number of benzene rings is 1. The molecule has 2 rings (SSSR count). The molecule has 1 heterocycles. The summed E-state index contributed by atoms with van der Waals surface area (Å²) >= 11 is 0. The fraction of sp³-hybridized carbons (Fsp3) is 0.741. The molecule has 20 nitrogen and oxygen atoms in total. The summed E-state index contributed by atoms with van der Waals surface area (Å²) in [6.45, 7) is 19.6. The third kappa shape index (κ3) is 22.7. The SMILES string of the molecule is CC(C)C[C@@H](CCC=O)N(C)C(=O)[C@H](CC(C)C)N(C)C(=O)[C@H](COC(C)(C)C)NC(=O)[C@H](CC(C)C)N(C)C(=O)[C@@H](NC(=O)[C@H](Cc1ccccc1)N(C)C(=O)CCCN(C)C(=O)C[C@H](N)C(=O)N1CCCCC1)[C@@H](C)O. The van der Waals surface area contributed by atoms with Crippen LogP contribution in [0.2, 0.25) is 0 Å². The van der Waals surface area contributed by atoms with E-state index < -0.39 is 77.5 Å². The number of nitrogens with one attached hydrogen (secondary N) is 2. The number of ether oxygens (including phenoxy) is 1. The fourth-order valence-electron chi connectivity index (χ4n) is 9.60. The lowest BCUT2D eigenvalue weighted by Crippen LogP contribution is -2.62. The maximum absolute atomic E-state index is 14.7. The molecule has 8 amide bonds. The summed E-state index contributed by atoms with van der Waals surface area (Å²) in [7, 11) is 7.65. The number of nitrogens with two attached hydrogens (primary N) is 1. The summed E-state index contributed by atoms with van der Waals surface area (Å²) in [5.74, 6) is -4.10. The number of likely N-dealkylation sites (tertiary alicyclic amines) is 1. The second kappa shape index (κ2) is 33.2. The van der Waals surface area contributed by atoms with Crippen molar-refractivity contribution in [1.82, 2.24) is 40.0 Å². The Morgan fingerprint density at radius 1 is 0.705 bits per heavy atom. The van der Waals surface area contributed by atoms with E-state index in [9.17, 15) is 48.3 Å². The highest BCUT2D eigenvalue weighted by Crippen LogP contribution is 2.22. The lowest BCUT2D eigenvalue weighted by molar-refractivity contribution is -0.151. The van der Waals surface area contributed by atoms with E-state index in [0.717, 1.165) is 30.4 Å². The lowest BCUT2D eigenvalue weighted by atomic mass is 9.96. The van der Waals surface area contributed by atoms with Gasteiger partial charge < -0.3 is 60.4 Å². The lowest BCUT2D eigenvalue weighted by Gasteiger charge is -2.38. The van der Waals surface area contributed by atoms with E-state index in [4.69, 9.17) is 10.5 Å². The molecule has 442 valence electrons. The number of nitrogens with zero attached hydrogens (tertiary/aromatic N) is 6. The predicted octanol–water partition coefficient (Wildman–Crippen LogP) is 3.79. The van der Waals surface area contributed by atoms with Crippen molar-refractivity contribution in [2.75, 3.05) is 61.5 Å². The molecule has 0 radical (unpaired) electrons. The Kier molecular flexibility index (Phi) is 29.2. The zero-order chi connectivity index (χ0) is 59.2. The largest absolute Gasteiger partial charge is 0.391 e. The molecule has 0 saturated carbocycles. The van der Waals surface area contributed by atoms with Crippen LogP contribution in [0.5, 0.6) is 0 Å². The van der Waals surface area contributed by atoms with E-state index in [1.807, 2.05) is 47.6 Å². The van der Waals surface area contributed by atoms with Crippen LogP contribution >= 0.6 is 0 Å². The molecule has 1 aliphatic rings. The van der Waals surface area contributed by atoms with Gasteiger partial charge >= 0.3 is 0 Å². The van der Waals surface area contributed by atoms with Gasteiger partial charge in [0.1, 0.15) is 36.5 Å². The fourth-order valence-corrected chi connectivity index (χ4v) is 9.60. The molecule has 1 aromatic rings. The van der Waals surface area contributed by atoms with Crippen LogP contribution < -0.4 is 16.4 Å². The third-order valence-electron chi connectivity index (χ3n) is 14.3. The monoisotopic (exact) mass is 1100 g/mol. The van der Waals surface area contributed by atoms with Gasteiger partial charge in [0.05, 0.1) is 30.8 Å². The van der Waals surface area contributed by atoms with Crippen molar-refractivity contribution in [3.63, 3.8) is 0 Å². The average molecular weight is 1100 g/mol. The highest BCUT2D eigenvalue weighted by molar-refractivity contribution is 5.97. The van der Waals surface area contributed by atoms with Crippen LogP contribution in [-0.2, 0) is 54.3 Å². The standard InChI is InChI=1S/C58H99N9O11/c1-38(2)32-43(26-23-31-68)63(12)56(76)48(34-40(5)6)66(15)55(75)45(37-78-58(8,9)10)60-52(72)46(33-39(3)4)65(14)57(77)51(41(7)69)61-53(73)47(35-42-24-18-16-19-25-42)64(13)49(70)27-22-28-62(11)50(71)36-44(59)54(74)67-29-20-17-21-30-67/h16,18-19,24-25,31,38-41,43-48,51,69H,17,20-23,26-30,32-37,59H2,1-15H3,(H,60,72)(H,61,73)/t41-,43-,44+,45+,46+,47+,48+,51+/m1/s1. The summed E-state index contributed by atoms with van der Waals surface area (Å²) in [5.41, 5.74) is 6.12. The summed E-state index contributed by atoms with van der Waals surface area (Å²) in [5, 5.41) is 16.7. The van der Waals surface area contributed by atoms with Crippen LogP contribution in [0.3, 0.4) is 0 Å². The first kappa shape index (κ1) is 68.6. The Morgan fingerprint density at radius 2 is 1.26 bits per heavy atom. The van der Waals surface area contributed by atoms with Crippen LogP contribution in [0.15, 0.2) is 30.3 Å². The van der Waals surface area contributed by atoms with Crippen LogP contribution in [0.4, 0.5) is 0 Å². The summed E-state index contributed by atoms with van der Waals surface area (Å²) in [4.78, 5) is 133. The molecule has 1 saturated heterocycles. The quantitative estimate of drug-likeness (QED) is 0.0753. The molecule has 0 unspecified atom stereocenters. The molecule has 1 aromatic carbocycles. The minimum atomic E-state index is -1.59. The second-order valence-electron chi connectivity index (χ2n) is 23.7. The zero-order valence-corrected chi connectivity index (χ0v) is 49.9. The zero-order valence-electron chi connectivity index (χ0n) is 49.9. The third-order valence-corrected chi connectivity index (χ3v) is 14.3. The molecule has 8 atom stereocenters. The number of likely N-dealkylation sites (N-methyl/N-ethyl adjacent to an activating group) is 4. The number of aldehydes is 1. The normalized spacial score (nSPS) is 16.0. The van der Waals surface area contributed by atoms with Crippen molar-refractivity contribution >= 4 is 53.5 Å². The topological polar surface area (TPSA) is 253 Å². The molecule has 0 aliphatic carbocycles. The maximum Gasteiger partial charge on any atom is 0.248 e. The Morgan fingerprint density at radius 3 is 1.79 bits per heavy atom. The number of aliphatic hydroxyl groups excluding tert-OH is 1. The summed E-state index contributed by atoms with van der Waals surface area (Å²) < 4.78 is 6.11. The Balaban J connectivity index is 2.41. The second-order valence-corrected chi connectivity index (χ2v) is 23.7. The van der Waals surface area contributed by atoms with Gasteiger partial charge in [0.2, 0.25) is 47.3 Å². The van der Waals surface area contributed by atoms with Crippen molar-refractivity contribution in [3.8, 4) is 0 Å². The predicted molar refractivity (Wildman–Crippen MR) is 301 cm³/mol. The number of hydrogen-bond donors (Lipinski definition) is 4. The van der Waals surface area contributed by atoms with Gasteiger partial charge in [0.25, 0.3) is 0 Å². The molecule has 1 fully saturated rings. The number of rotatable bonds is 32. The van der Waals surface area contributed by atoms with E-state index >= 15 is 0 Å². The minimum absolute atomic E-state index is 0.0117. The van der Waals surface area contributed by atoms with E-state index in [2.05, 4.69) is 10.6 Å². The molecule has 0 aromatic heterocycles. The van der Waals surface area contributed by atoms with Gasteiger partial charge in [-0.2, -0.15) is 0 Å². The van der Waals surface area contributed by atoms with Gasteiger partial charge in [-0.25, -0.2) is 0 Å². The highest BCUT2D eigenvalue weighted by Gasteiger charge is 2.41. The smallest absolute Gasteiger partial charge is 0.248 e. The van der Waals surface area contributed by atoms with E-state index in [1.165, 1.54) is 42.8 Å². The van der Waals surface area contributed by atoms with Crippen LogP contribution in [-0.4, -0.2) is 204 Å². The Bertz CT molecular complexity index is 2090. The van der Waals surface area contributed by atoms with Crippen LogP contribution in [0.25, 0.3) is 0 Å². The Labute approximate surface area is 466 Å². The summed E-state index contributed by atoms with van der Waals surface area (Å²) in [6.07, 6.45) is 4.08. The molecule has 0 spiro atoms. The number of hydrogen-bond acceptors (Lipinski definition) is 12. The van der Waals surface area contributed by atoms with Crippen molar-refractivity contribution in [2.45, 2.75) is 200 Å². The van der Waals surface area contributed by atoms with E-state index in [0.29, 0.717) is 37.9 Å².